The molecule has 1 N–H and O–H groups in total. The second kappa shape index (κ2) is 9.91. The molecule has 34 heavy (non-hydrogen) atoms. The monoisotopic (exact) mass is 493 g/mol. The van der Waals surface area contributed by atoms with Gasteiger partial charge in [-0.15, -0.1) is 11.3 Å². The van der Waals surface area contributed by atoms with E-state index in [1.165, 1.54) is 18.2 Å². The summed E-state index contributed by atoms with van der Waals surface area (Å²) in [5, 5.41) is 15.7. The molecule has 11 heteroatoms. The number of thiazole rings is 1. The van der Waals surface area contributed by atoms with E-state index in [-0.39, 0.29) is 22.1 Å². The summed E-state index contributed by atoms with van der Waals surface area (Å²) in [7, 11) is 0. The van der Waals surface area contributed by atoms with Gasteiger partial charge in [0.25, 0.3) is 11.6 Å². The first-order chi connectivity index (χ1) is 16.3. The second-order valence-electron chi connectivity index (χ2n) is 7.16. The van der Waals surface area contributed by atoms with Gasteiger partial charge < -0.3 is 4.55 Å². The summed E-state index contributed by atoms with van der Waals surface area (Å²) in [4.78, 5) is 28.0. The molecule has 1 unspecified atom stereocenters. The van der Waals surface area contributed by atoms with Gasteiger partial charge in [-0.2, -0.15) is 0 Å². The molecule has 3 aromatic carbocycles. The predicted molar refractivity (Wildman–Crippen MR) is 131 cm³/mol. The fraction of sp³-hybridized carbons (Fsp3) is 0.0435. The van der Waals surface area contributed by atoms with Crippen molar-refractivity contribution in [1.82, 2.24) is 4.98 Å². The molecule has 4 aromatic rings. The number of anilines is 3. The lowest BCUT2D eigenvalue weighted by molar-refractivity contribution is -0.384. The van der Waals surface area contributed by atoms with Gasteiger partial charge in [0.2, 0.25) is 0 Å². The molecule has 0 saturated heterocycles. The summed E-state index contributed by atoms with van der Waals surface area (Å²) in [6.45, 7) is 1.89. The number of nitro benzene ring substituents is 1. The normalized spacial score (nSPS) is 11.6. The van der Waals surface area contributed by atoms with E-state index >= 15 is 0 Å². The molecular formula is C23H17N4O5S2-. The van der Waals surface area contributed by atoms with Crippen LogP contribution in [0.3, 0.4) is 0 Å². The topological polar surface area (TPSA) is 128 Å². The maximum atomic E-state index is 13.1. The molecule has 1 atom stereocenters. The van der Waals surface area contributed by atoms with E-state index in [9.17, 15) is 23.7 Å². The van der Waals surface area contributed by atoms with E-state index < -0.39 is 22.1 Å². The second-order valence-corrected chi connectivity index (χ2v) is 8.82. The molecule has 0 aliphatic rings. The zero-order valence-electron chi connectivity index (χ0n) is 17.7. The highest BCUT2D eigenvalue weighted by Crippen LogP contribution is 2.32. The molecule has 1 heterocycles. The lowest BCUT2D eigenvalue weighted by atomic mass is 10.1. The molecule has 4 rings (SSSR count). The molecule has 0 bridgehead atoms. The third-order valence-electron chi connectivity index (χ3n) is 4.86. The number of carbonyl (C=O) groups excluding carboxylic acids is 1. The van der Waals surface area contributed by atoms with Crippen LogP contribution < -0.4 is 9.62 Å². The molecule has 1 amide bonds. The first-order valence-electron chi connectivity index (χ1n) is 9.90. The third-order valence-corrected chi connectivity index (χ3v) is 6.33. The van der Waals surface area contributed by atoms with Crippen LogP contribution in [0.4, 0.5) is 22.2 Å². The Bertz CT molecular complexity index is 1390. The number of rotatable bonds is 7. The van der Waals surface area contributed by atoms with Crippen LogP contribution in [-0.4, -0.2) is 24.6 Å². The minimum atomic E-state index is -2.68. The Morgan fingerprint density at radius 3 is 2.53 bits per heavy atom. The van der Waals surface area contributed by atoms with Gasteiger partial charge >= 0.3 is 0 Å². The number of amides is 1. The van der Waals surface area contributed by atoms with Gasteiger partial charge in [0.15, 0.2) is 5.13 Å². The van der Waals surface area contributed by atoms with Crippen LogP contribution in [0.1, 0.15) is 15.9 Å². The smallest absolute Gasteiger partial charge is 0.270 e. The van der Waals surface area contributed by atoms with Crippen LogP contribution in [0, 0.1) is 17.0 Å². The molecule has 0 saturated carbocycles. The SMILES string of the molecule is Cc1ccc(N(c2ccccc2C(=O)Nc2nc(-c3cccc([N+](=O)[O-])c3)cs2)S(=O)[O-])cc1. The molecule has 0 aliphatic carbocycles. The average Bonchev–Trinajstić information content (AvgIpc) is 3.29. The van der Waals surface area contributed by atoms with E-state index in [1.807, 2.05) is 6.92 Å². The molecule has 1 aromatic heterocycles. The van der Waals surface area contributed by atoms with Gasteiger partial charge in [-0.3, -0.25) is 28.7 Å². The van der Waals surface area contributed by atoms with Gasteiger partial charge in [0, 0.05) is 23.1 Å². The van der Waals surface area contributed by atoms with Crippen molar-refractivity contribution in [2.75, 3.05) is 9.62 Å². The fourth-order valence-corrected chi connectivity index (χ4v) is 4.56. The zero-order chi connectivity index (χ0) is 24.2. The van der Waals surface area contributed by atoms with Crippen molar-refractivity contribution < 1.29 is 18.5 Å². The van der Waals surface area contributed by atoms with Gasteiger partial charge in [-0.1, -0.05) is 42.0 Å². The van der Waals surface area contributed by atoms with Crippen molar-refractivity contribution in [2.24, 2.45) is 0 Å². The van der Waals surface area contributed by atoms with E-state index in [0.29, 0.717) is 16.9 Å². The van der Waals surface area contributed by atoms with Crippen LogP contribution in [0.5, 0.6) is 0 Å². The summed E-state index contributed by atoms with van der Waals surface area (Å²) in [5.41, 5.74) is 2.63. The number of aryl methyl sites for hydroxylation is 1. The number of benzene rings is 3. The zero-order valence-corrected chi connectivity index (χ0v) is 19.3. The molecule has 0 aliphatic heterocycles. The van der Waals surface area contributed by atoms with Crippen LogP contribution >= 0.6 is 11.3 Å². The number of hydrogen-bond donors (Lipinski definition) is 1. The standard InChI is InChI=1S/C23H18N4O5S2/c1-15-9-11-17(12-10-15)26(34(31)32)21-8-3-2-7-19(21)22(28)25-23-24-20(14-33-23)16-5-4-6-18(13-16)27(29)30/h2-14H,1H3,(H,31,32)(H,24,25,28)/p-1. The van der Waals surface area contributed by atoms with E-state index in [1.54, 1.807) is 60.0 Å². The fourth-order valence-electron chi connectivity index (χ4n) is 3.24. The minimum Gasteiger partial charge on any atom is -0.755 e. The number of hydrogen-bond acceptors (Lipinski definition) is 7. The predicted octanol–water partition coefficient (Wildman–Crippen LogP) is 5.21. The van der Waals surface area contributed by atoms with Crippen LogP contribution in [0.25, 0.3) is 11.3 Å². The van der Waals surface area contributed by atoms with Crippen molar-refractivity contribution in [2.45, 2.75) is 6.92 Å². The highest BCUT2D eigenvalue weighted by atomic mass is 32.2. The number of non-ortho nitro benzene ring substituents is 1. The number of nitrogens with zero attached hydrogens (tertiary/aromatic N) is 3. The largest absolute Gasteiger partial charge is 0.755 e. The Labute approximate surface area is 201 Å². The summed E-state index contributed by atoms with van der Waals surface area (Å²) in [6.07, 6.45) is 0. The Hall–Kier alpha value is -3.93. The Balaban J connectivity index is 1.62. The first-order valence-corrected chi connectivity index (χ1v) is 11.8. The number of para-hydroxylation sites is 1. The van der Waals surface area contributed by atoms with Gasteiger partial charge in [0.05, 0.1) is 38.8 Å². The lowest BCUT2D eigenvalue weighted by Crippen LogP contribution is -2.23. The summed E-state index contributed by atoms with van der Waals surface area (Å²) < 4.78 is 25.2. The third kappa shape index (κ3) is 5.01. The average molecular weight is 494 g/mol. The summed E-state index contributed by atoms with van der Waals surface area (Å²) in [5.74, 6) is -0.543. The van der Waals surface area contributed by atoms with Crippen molar-refractivity contribution >= 4 is 50.7 Å². The van der Waals surface area contributed by atoms with Gasteiger partial charge in [-0.25, -0.2) is 4.98 Å². The van der Waals surface area contributed by atoms with E-state index in [0.717, 1.165) is 21.2 Å². The number of nitrogens with one attached hydrogen (secondary N) is 1. The molecule has 0 spiro atoms. The van der Waals surface area contributed by atoms with Crippen LogP contribution in [0.2, 0.25) is 0 Å². The van der Waals surface area contributed by atoms with Gasteiger partial charge in [-0.05, 0) is 31.2 Å². The molecule has 0 fully saturated rings. The van der Waals surface area contributed by atoms with Crippen molar-refractivity contribution in [1.29, 1.82) is 0 Å². The van der Waals surface area contributed by atoms with Crippen LogP contribution in [0.15, 0.2) is 78.2 Å². The number of carbonyl (C=O) groups is 1. The molecule has 0 radical (unpaired) electrons. The van der Waals surface area contributed by atoms with Gasteiger partial charge in [0.1, 0.15) is 0 Å². The Kier molecular flexibility index (Phi) is 6.77. The van der Waals surface area contributed by atoms with Crippen LogP contribution in [-0.2, 0) is 11.3 Å². The number of nitro groups is 1. The minimum absolute atomic E-state index is 0.0631. The quantitative estimate of drug-likeness (QED) is 0.214. The molecular weight excluding hydrogens is 476 g/mol. The maximum Gasteiger partial charge on any atom is 0.270 e. The molecule has 9 nitrogen and oxygen atoms in total. The first kappa shape index (κ1) is 23.2. The Morgan fingerprint density at radius 1 is 1.09 bits per heavy atom. The van der Waals surface area contributed by atoms with Crippen molar-refractivity contribution in [3.63, 3.8) is 0 Å². The lowest BCUT2D eigenvalue weighted by Gasteiger charge is -2.28. The number of aromatic nitrogens is 1. The maximum absolute atomic E-state index is 13.1. The Morgan fingerprint density at radius 2 is 1.82 bits per heavy atom. The van der Waals surface area contributed by atoms with Crippen molar-refractivity contribution in [3.05, 3.63) is 99.4 Å². The summed E-state index contributed by atoms with van der Waals surface area (Å²) >= 11 is -1.53. The van der Waals surface area contributed by atoms with E-state index in [4.69, 9.17) is 0 Å². The highest BCUT2D eigenvalue weighted by molar-refractivity contribution is 7.81. The molecule has 172 valence electrons. The van der Waals surface area contributed by atoms with E-state index in [2.05, 4.69) is 10.3 Å². The summed E-state index contributed by atoms with van der Waals surface area (Å²) in [6, 6.07) is 19.3. The van der Waals surface area contributed by atoms with Crippen molar-refractivity contribution in [3.8, 4) is 11.3 Å². The highest BCUT2D eigenvalue weighted by Gasteiger charge is 2.20.